The summed E-state index contributed by atoms with van der Waals surface area (Å²) in [5.41, 5.74) is 2.25. The van der Waals surface area contributed by atoms with Gasteiger partial charge in [0.05, 0.1) is 5.71 Å². The first-order chi connectivity index (χ1) is 12.6. The molecule has 4 saturated carbocycles. The van der Waals surface area contributed by atoms with E-state index in [1.54, 1.807) is 11.6 Å². The fraction of sp³-hybridized carbons (Fsp3) is 0.727. The number of nitrogens with zero attached hydrogens (tertiary/aromatic N) is 1. The molecule has 4 heteroatoms. The fourth-order valence-corrected chi connectivity index (χ4v) is 8.02. The lowest BCUT2D eigenvalue weighted by atomic mass is 9.50. The molecule has 26 heavy (non-hydrogen) atoms. The molecule has 1 heterocycles. The SMILES string of the molecule is C[C@]12CCC3C(C4CC4C4=C/C(=N\O)CC[C@@H]43)C1CC[C@@]21C=CC(=O)O1. The van der Waals surface area contributed by atoms with Crippen molar-refractivity contribution in [1.82, 2.24) is 0 Å². The number of allylic oxidation sites excluding steroid dienone is 2. The van der Waals surface area contributed by atoms with Crippen LogP contribution in [0.4, 0.5) is 0 Å². The second-order valence-electron chi connectivity index (χ2n) is 9.87. The predicted molar refractivity (Wildman–Crippen MR) is 96.6 cm³/mol. The second kappa shape index (κ2) is 4.82. The maximum atomic E-state index is 11.9. The number of rotatable bonds is 0. The predicted octanol–water partition coefficient (Wildman–Crippen LogP) is 4.10. The third-order valence-electron chi connectivity index (χ3n) is 9.22. The minimum absolute atomic E-state index is 0.109. The zero-order chi connectivity index (χ0) is 17.7. The maximum Gasteiger partial charge on any atom is 0.331 e. The van der Waals surface area contributed by atoms with Crippen LogP contribution >= 0.6 is 0 Å². The molecule has 0 radical (unpaired) electrons. The van der Waals surface area contributed by atoms with Gasteiger partial charge in [0.25, 0.3) is 0 Å². The average molecular weight is 353 g/mol. The maximum absolute atomic E-state index is 11.9. The number of esters is 1. The van der Waals surface area contributed by atoms with E-state index in [1.807, 2.05) is 0 Å². The summed E-state index contributed by atoms with van der Waals surface area (Å²) in [6.07, 6.45) is 14.0. The molecule has 0 saturated heterocycles. The van der Waals surface area contributed by atoms with Crippen molar-refractivity contribution in [2.75, 3.05) is 0 Å². The van der Waals surface area contributed by atoms with Crippen molar-refractivity contribution < 1.29 is 14.7 Å². The number of hydrogen-bond acceptors (Lipinski definition) is 4. The standard InChI is InChI=1S/C22H27NO3/c1-21-7-4-14-13-3-2-12(23-25)10-15(13)16-11-17(16)20(14)18(21)5-8-22(21)9-6-19(24)26-22/h6,9-10,13-14,16-18,20,25H,2-5,7-8,11H2,1H3/b23-12-/t13-,14?,16?,17?,18?,20?,21+,22-/m1/s1. The quantitative estimate of drug-likeness (QED) is 0.405. The number of ether oxygens (including phenoxy) is 1. The van der Waals surface area contributed by atoms with Gasteiger partial charge < -0.3 is 9.94 Å². The number of hydrogen-bond donors (Lipinski definition) is 1. The summed E-state index contributed by atoms with van der Waals surface area (Å²) in [7, 11) is 0. The largest absolute Gasteiger partial charge is 0.451 e. The van der Waals surface area contributed by atoms with E-state index < -0.39 is 0 Å². The molecular weight excluding hydrogens is 326 g/mol. The van der Waals surface area contributed by atoms with Gasteiger partial charge in [-0.1, -0.05) is 17.7 Å². The molecular formula is C22H27NO3. The van der Waals surface area contributed by atoms with Gasteiger partial charge in [-0.05, 0) is 92.6 Å². The summed E-state index contributed by atoms with van der Waals surface area (Å²) in [4.78, 5) is 11.9. The molecule has 0 bridgehead atoms. The van der Waals surface area contributed by atoms with E-state index >= 15 is 0 Å². The summed E-state index contributed by atoms with van der Waals surface area (Å²) in [5.74, 6) is 4.33. The van der Waals surface area contributed by atoms with Crippen LogP contribution in [0.15, 0.2) is 29.0 Å². The van der Waals surface area contributed by atoms with E-state index in [9.17, 15) is 10.0 Å². The van der Waals surface area contributed by atoms with Gasteiger partial charge >= 0.3 is 5.97 Å². The van der Waals surface area contributed by atoms with Crippen molar-refractivity contribution in [3.63, 3.8) is 0 Å². The van der Waals surface area contributed by atoms with Gasteiger partial charge in [-0.3, -0.25) is 0 Å². The van der Waals surface area contributed by atoms with Gasteiger partial charge in [0.1, 0.15) is 5.60 Å². The van der Waals surface area contributed by atoms with Crippen molar-refractivity contribution in [3.8, 4) is 0 Å². The van der Waals surface area contributed by atoms with Crippen LogP contribution in [0, 0.1) is 40.9 Å². The summed E-state index contributed by atoms with van der Waals surface area (Å²) in [5, 5.41) is 12.7. The highest BCUT2D eigenvalue weighted by Crippen LogP contribution is 2.72. The van der Waals surface area contributed by atoms with Gasteiger partial charge in [0.2, 0.25) is 0 Å². The minimum Gasteiger partial charge on any atom is -0.451 e. The Kier molecular flexibility index (Phi) is 2.87. The second-order valence-corrected chi connectivity index (χ2v) is 9.87. The Bertz CT molecular complexity index is 782. The summed E-state index contributed by atoms with van der Waals surface area (Å²) in [6, 6.07) is 0. The molecule has 0 aromatic rings. The van der Waals surface area contributed by atoms with Crippen molar-refractivity contribution >= 4 is 11.7 Å². The van der Waals surface area contributed by atoms with Crippen LogP contribution in [0.2, 0.25) is 0 Å². The van der Waals surface area contributed by atoms with Crippen molar-refractivity contribution in [3.05, 3.63) is 23.8 Å². The fourth-order valence-electron chi connectivity index (χ4n) is 8.02. The Hall–Kier alpha value is -1.58. The van der Waals surface area contributed by atoms with Crippen LogP contribution in [0.25, 0.3) is 0 Å². The minimum atomic E-state index is -0.330. The van der Waals surface area contributed by atoms with Crippen LogP contribution in [0.3, 0.4) is 0 Å². The molecule has 5 aliphatic carbocycles. The molecule has 0 aromatic carbocycles. The number of oxime groups is 1. The first kappa shape index (κ1) is 15.5. The highest BCUT2D eigenvalue weighted by molar-refractivity contribution is 5.96. The smallest absolute Gasteiger partial charge is 0.331 e. The monoisotopic (exact) mass is 353 g/mol. The van der Waals surface area contributed by atoms with Gasteiger partial charge in [-0.15, -0.1) is 0 Å². The normalized spacial score (nSPS) is 55.0. The van der Waals surface area contributed by atoms with Gasteiger partial charge in [0.15, 0.2) is 0 Å². The Morgan fingerprint density at radius 1 is 1.19 bits per heavy atom. The molecule has 8 atom stereocenters. The average Bonchev–Trinajstić information content (AvgIpc) is 3.29. The van der Waals surface area contributed by atoms with Gasteiger partial charge in [-0.2, -0.15) is 0 Å². The Morgan fingerprint density at radius 3 is 2.85 bits per heavy atom. The summed E-state index contributed by atoms with van der Waals surface area (Å²) < 4.78 is 5.94. The lowest BCUT2D eigenvalue weighted by Crippen LogP contribution is -2.53. The van der Waals surface area contributed by atoms with E-state index in [0.29, 0.717) is 11.8 Å². The Balaban J connectivity index is 1.37. The van der Waals surface area contributed by atoms with E-state index in [0.717, 1.165) is 48.6 Å². The Morgan fingerprint density at radius 2 is 2.08 bits per heavy atom. The van der Waals surface area contributed by atoms with E-state index in [2.05, 4.69) is 24.2 Å². The molecule has 6 aliphatic rings. The van der Waals surface area contributed by atoms with Crippen molar-refractivity contribution in [2.45, 2.75) is 57.5 Å². The highest BCUT2D eigenvalue weighted by atomic mass is 16.6. The summed E-state index contributed by atoms with van der Waals surface area (Å²) >= 11 is 0. The third-order valence-corrected chi connectivity index (χ3v) is 9.22. The molecule has 6 rings (SSSR count). The molecule has 138 valence electrons. The topological polar surface area (TPSA) is 58.9 Å². The van der Waals surface area contributed by atoms with E-state index in [-0.39, 0.29) is 17.0 Å². The lowest BCUT2D eigenvalue weighted by Gasteiger charge is -2.55. The third kappa shape index (κ3) is 1.72. The molecule has 1 spiro atoms. The zero-order valence-corrected chi connectivity index (χ0v) is 15.4. The number of fused-ring (bicyclic) bond motifs is 9. The molecule has 0 amide bonds. The van der Waals surface area contributed by atoms with Crippen LogP contribution in [0.1, 0.15) is 51.9 Å². The van der Waals surface area contributed by atoms with Crippen LogP contribution < -0.4 is 0 Å². The molecule has 4 nitrogen and oxygen atoms in total. The first-order valence-electron chi connectivity index (χ1n) is 10.4. The van der Waals surface area contributed by atoms with E-state index in [1.165, 1.54) is 25.7 Å². The molecule has 1 N–H and O–H groups in total. The zero-order valence-electron chi connectivity index (χ0n) is 15.4. The van der Waals surface area contributed by atoms with Crippen molar-refractivity contribution in [2.24, 2.45) is 46.1 Å². The summed E-state index contributed by atoms with van der Waals surface area (Å²) in [6.45, 7) is 2.41. The molecule has 1 aliphatic heterocycles. The van der Waals surface area contributed by atoms with Gasteiger partial charge in [-0.25, -0.2) is 4.79 Å². The number of carbonyl (C=O) groups is 1. The van der Waals surface area contributed by atoms with Crippen LogP contribution in [0.5, 0.6) is 0 Å². The first-order valence-corrected chi connectivity index (χ1v) is 10.4. The van der Waals surface area contributed by atoms with Gasteiger partial charge in [0, 0.05) is 11.5 Å². The molecule has 0 aromatic heterocycles. The number of carbonyl (C=O) groups excluding carboxylic acids is 1. The van der Waals surface area contributed by atoms with Crippen LogP contribution in [-0.4, -0.2) is 22.5 Å². The van der Waals surface area contributed by atoms with E-state index in [4.69, 9.17) is 4.74 Å². The highest BCUT2D eigenvalue weighted by Gasteiger charge is 2.69. The lowest BCUT2D eigenvalue weighted by molar-refractivity contribution is -0.161. The van der Waals surface area contributed by atoms with Crippen LogP contribution in [-0.2, 0) is 9.53 Å². The molecule has 4 fully saturated rings. The Labute approximate surface area is 154 Å². The van der Waals surface area contributed by atoms with Crippen molar-refractivity contribution in [1.29, 1.82) is 0 Å². The molecule has 5 unspecified atom stereocenters.